The standard InChI is InChI=1S/C11H25NO2Si/c1-5-7-12(8-6-2)9-15-14-11(13)10(3)4/h10H,5-9,15H2,1-4H3. The van der Waals surface area contributed by atoms with Crippen molar-refractivity contribution >= 4 is 15.7 Å². The molecule has 4 heteroatoms. The lowest BCUT2D eigenvalue weighted by Gasteiger charge is -2.20. The summed E-state index contributed by atoms with van der Waals surface area (Å²) in [5.41, 5.74) is 0. The second-order valence-corrected chi connectivity index (χ2v) is 5.31. The Morgan fingerprint density at radius 2 is 1.80 bits per heavy atom. The van der Waals surface area contributed by atoms with Gasteiger partial charge in [0.1, 0.15) is 0 Å². The normalized spacial score (nSPS) is 11.9. The molecule has 0 aromatic carbocycles. The van der Waals surface area contributed by atoms with E-state index in [4.69, 9.17) is 4.43 Å². The third-order valence-corrected chi connectivity index (χ3v) is 3.51. The van der Waals surface area contributed by atoms with Crippen LogP contribution in [0.2, 0.25) is 0 Å². The molecule has 15 heavy (non-hydrogen) atoms. The number of carbonyl (C=O) groups is 1. The van der Waals surface area contributed by atoms with Gasteiger partial charge in [-0.1, -0.05) is 27.7 Å². The lowest BCUT2D eigenvalue weighted by atomic mass is 10.2. The zero-order valence-corrected chi connectivity index (χ0v) is 12.0. The van der Waals surface area contributed by atoms with E-state index in [1.807, 2.05) is 13.8 Å². The number of hydrogen-bond donors (Lipinski definition) is 0. The molecule has 0 saturated carbocycles. The Morgan fingerprint density at radius 1 is 1.27 bits per heavy atom. The number of hydrogen-bond acceptors (Lipinski definition) is 3. The largest absolute Gasteiger partial charge is 0.523 e. The van der Waals surface area contributed by atoms with E-state index >= 15 is 0 Å². The van der Waals surface area contributed by atoms with Gasteiger partial charge in [0.15, 0.2) is 0 Å². The Balaban J connectivity index is 3.65. The van der Waals surface area contributed by atoms with Crippen molar-refractivity contribution in [2.75, 3.05) is 19.3 Å². The van der Waals surface area contributed by atoms with Crippen molar-refractivity contribution in [3.8, 4) is 0 Å². The number of nitrogens with zero attached hydrogens (tertiary/aromatic N) is 1. The topological polar surface area (TPSA) is 29.5 Å². The summed E-state index contributed by atoms with van der Waals surface area (Å²) in [6.07, 6.45) is 3.35. The van der Waals surface area contributed by atoms with Crippen LogP contribution in [0.15, 0.2) is 0 Å². The Labute approximate surface area is 96.1 Å². The van der Waals surface area contributed by atoms with Crippen LogP contribution in [0.1, 0.15) is 40.5 Å². The van der Waals surface area contributed by atoms with Gasteiger partial charge >= 0.3 is 0 Å². The molecule has 0 radical (unpaired) electrons. The minimum atomic E-state index is -0.691. The maximum absolute atomic E-state index is 11.2. The Morgan fingerprint density at radius 3 is 2.20 bits per heavy atom. The molecule has 0 aromatic heterocycles. The van der Waals surface area contributed by atoms with Crippen molar-refractivity contribution in [1.29, 1.82) is 0 Å². The summed E-state index contributed by atoms with van der Waals surface area (Å²) >= 11 is 0. The molecule has 0 bridgehead atoms. The maximum Gasteiger partial charge on any atom is 0.294 e. The molecule has 0 amide bonds. The van der Waals surface area contributed by atoms with Crippen LogP contribution < -0.4 is 0 Å². The second kappa shape index (κ2) is 8.92. The molecule has 0 aliphatic heterocycles. The van der Waals surface area contributed by atoms with Gasteiger partial charge in [-0.2, -0.15) is 0 Å². The molecule has 0 aromatic rings. The van der Waals surface area contributed by atoms with Gasteiger partial charge in [-0.3, -0.25) is 4.79 Å². The first-order valence-electron chi connectivity index (χ1n) is 6.00. The zero-order chi connectivity index (χ0) is 11.7. The highest BCUT2D eigenvalue weighted by Crippen LogP contribution is 1.96. The summed E-state index contributed by atoms with van der Waals surface area (Å²) < 4.78 is 5.28. The fourth-order valence-electron chi connectivity index (χ4n) is 1.41. The van der Waals surface area contributed by atoms with Crippen molar-refractivity contribution in [3.05, 3.63) is 0 Å². The smallest absolute Gasteiger partial charge is 0.294 e. The van der Waals surface area contributed by atoms with E-state index in [9.17, 15) is 4.79 Å². The van der Waals surface area contributed by atoms with E-state index < -0.39 is 9.76 Å². The van der Waals surface area contributed by atoms with Crippen LogP contribution in [-0.4, -0.2) is 39.9 Å². The lowest BCUT2D eigenvalue weighted by Crippen LogP contribution is -2.32. The van der Waals surface area contributed by atoms with Crippen LogP contribution in [-0.2, 0) is 9.22 Å². The third kappa shape index (κ3) is 7.56. The van der Waals surface area contributed by atoms with Crippen molar-refractivity contribution in [1.82, 2.24) is 4.90 Å². The molecule has 90 valence electrons. The molecular weight excluding hydrogens is 206 g/mol. The molecule has 0 rings (SSSR count). The number of rotatable bonds is 8. The van der Waals surface area contributed by atoms with Crippen molar-refractivity contribution < 1.29 is 9.22 Å². The van der Waals surface area contributed by atoms with Gasteiger partial charge in [-0.05, 0) is 25.9 Å². The van der Waals surface area contributed by atoms with E-state index in [0.717, 1.165) is 19.3 Å². The van der Waals surface area contributed by atoms with E-state index in [2.05, 4.69) is 18.7 Å². The summed E-state index contributed by atoms with van der Waals surface area (Å²) in [6, 6.07) is 0. The molecule has 0 aliphatic carbocycles. The predicted octanol–water partition coefficient (Wildman–Crippen LogP) is 1.35. The van der Waals surface area contributed by atoms with E-state index in [1.165, 1.54) is 12.8 Å². The predicted molar refractivity (Wildman–Crippen MR) is 66.5 cm³/mol. The molecule has 0 atom stereocenters. The Bertz CT molecular complexity index is 168. The summed E-state index contributed by atoms with van der Waals surface area (Å²) in [6.45, 7) is 10.4. The minimum Gasteiger partial charge on any atom is -0.523 e. The number of carbonyl (C=O) groups excluding carboxylic acids is 1. The zero-order valence-electron chi connectivity index (χ0n) is 10.6. The van der Waals surface area contributed by atoms with Gasteiger partial charge in [0, 0.05) is 12.1 Å². The molecule has 0 saturated heterocycles. The first-order chi connectivity index (χ1) is 7.11. The highest BCUT2D eigenvalue weighted by molar-refractivity contribution is 6.30. The lowest BCUT2D eigenvalue weighted by molar-refractivity contribution is -0.137. The Kier molecular flexibility index (Phi) is 8.71. The van der Waals surface area contributed by atoms with Gasteiger partial charge in [-0.25, -0.2) is 0 Å². The molecule has 0 spiro atoms. The fourth-order valence-corrected chi connectivity index (χ4v) is 2.74. The van der Waals surface area contributed by atoms with Crippen LogP contribution in [0, 0.1) is 5.92 Å². The third-order valence-electron chi connectivity index (χ3n) is 2.20. The summed E-state index contributed by atoms with van der Waals surface area (Å²) in [5, 5.41) is 0. The monoisotopic (exact) mass is 231 g/mol. The SMILES string of the molecule is CCCN(CCC)C[SiH2]OC(=O)C(C)C. The van der Waals surface area contributed by atoms with Crippen LogP contribution in [0.25, 0.3) is 0 Å². The van der Waals surface area contributed by atoms with Gasteiger partial charge in [-0.15, -0.1) is 0 Å². The first-order valence-corrected chi connectivity index (χ1v) is 7.58. The highest BCUT2D eigenvalue weighted by Gasteiger charge is 2.09. The molecule has 0 N–H and O–H groups in total. The van der Waals surface area contributed by atoms with Gasteiger partial charge in [0.2, 0.25) is 9.76 Å². The van der Waals surface area contributed by atoms with Crippen LogP contribution in [0.5, 0.6) is 0 Å². The highest BCUT2D eigenvalue weighted by atomic mass is 28.2. The fraction of sp³-hybridized carbons (Fsp3) is 0.909. The average Bonchev–Trinajstić information content (AvgIpc) is 2.18. The molecule has 0 heterocycles. The van der Waals surface area contributed by atoms with E-state index in [1.54, 1.807) is 0 Å². The Hall–Kier alpha value is -0.353. The van der Waals surface area contributed by atoms with Gasteiger partial charge in [0.25, 0.3) is 5.97 Å². The minimum absolute atomic E-state index is 0.0169. The van der Waals surface area contributed by atoms with Crippen molar-refractivity contribution in [2.45, 2.75) is 40.5 Å². The first kappa shape index (κ1) is 14.6. The summed E-state index contributed by atoms with van der Waals surface area (Å²) in [5.74, 6) is -0.0158. The summed E-state index contributed by atoms with van der Waals surface area (Å²) in [4.78, 5) is 13.6. The van der Waals surface area contributed by atoms with E-state index in [0.29, 0.717) is 0 Å². The van der Waals surface area contributed by atoms with E-state index in [-0.39, 0.29) is 11.9 Å². The van der Waals surface area contributed by atoms with Crippen LogP contribution >= 0.6 is 0 Å². The molecule has 0 unspecified atom stereocenters. The summed E-state index contributed by atoms with van der Waals surface area (Å²) in [7, 11) is -0.691. The molecule has 3 nitrogen and oxygen atoms in total. The van der Waals surface area contributed by atoms with Gasteiger partial charge in [0.05, 0.1) is 0 Å². The van der Waals surface area contributed by atoms with Crippen LogP contribution in [0.3, 0.4) is 0 Å². The van der Waals surface area contributed by atoms with Crippen molar-refractivity contribution in [2.24, 2.45) is 5.92 Å². The second-order valence-electron chi connectivity index (χ2n) is 4.16. The van der Waals surface area contributed by atoms with Gasteiger partial charge < -0.3 is 9.33 Å². The van der Waals surface area contributed by atoms with Crippen molar-refractivity contribution in [3.63, 3.8) is 0 Å². The maximum atomic E-state index is 11.2. The molecule has 0 fully saturated rings. The quantitative estimate of drug-likeness (QED) is 0.591. The van der Waals surface area contributed by atoms with Crippen LogP contribution in [0.4, 0.5) is 0 Å². The average molecular weight is 231 g/mol. The molecular formula is C11H25NO2Si. The molecule has 0 aliphatic rings.